The smallest absolute Gasteiger partial charge is 0.243 e. The van der Waals surface area contributed by atoms with Crippen molar-refractivity contribution in [2.75, 3.05) is 33.2 Å². The van der Waals surface area contributed by atoms with Gasteiger partial charge < -0.3 is 10.6 Å². The topological polar surface area (TPSA) is 86.7 Å². The molecule has 1 fully saturated rings. The molecule has 0 spiro atoms. The molecule has 0 bridgehead atoms. The lowest BCUT2D eigenvalue weighted by atomic mass is 9.98. The average Bonchev–Trinajstić information content (AvgIpc) is 2.77. The Morgan fingerprint density at radius 1 is 1.10 bits per heavy atom. The highest BCUT2D eigenvalue weighted by Gasteiger charge is 2.29. The first-order valence-corrected chi connectivity index (χ1v) is 11.4. The number of piperidine rings is 1. The van der Waals surface area contributed by atoms with Gasteiger partial charge in [-0.2, -0.15) is 4.31 Å². The number of nitrogens with zero attached hydrogens (tertiary/aromatic N) is 3. The number of aromatic nitrogens is 1. The van der Waals surface area contributed by atoms with Gasteiger partial charge in [-0.3, -0.25) is 9.98 Å². The van der Waals surface area contributed by atoms with Gasteiger partial charge in [-0.1, -0.05) is 24.3 Å². The third kappa shape index (κ3) is 6.01. The molecule has 7 nitrogen and oxygen atoms in total. The van der Waals surface area contributed by atoms with Crippen molar-refractivity contribution >= 4 is 16.0 Å². The Morgan fingerprint density at radius 3 is 2.48 bits per heavy atom. The van der Waals surface area contributed by atoms with Gasteiger partial charge in [0.05, 0.1) is 4.90 Å². The van der Waals surface area contributed by atoms with Crippen molar-refractivity contribution in [1.29, 1.82) is 0 Å². The molecule has 156 valence electrons. The molecule has 0 amide bonds. The summed E-state index contributed by atoms with van der Waals surface area (Å²) in [7, 11) is -1.63. The number of benzene rings is 1. The van der Waals surface area contributed by atoms with Crippen LogP contribution in [0.15, 0.2) is 64.6 Å². The number of guanidine groups is 1. The molecular formula is C21H29N5O2S. The molecule has 1 aromatic carbocycles. The van der Waals surface area contributed by atoms with Crippen LogP contribution in [0.3, 0.4) is 0 Å². The maximum Gasteiger partial charge on any atom is 0.243 e. The van der Waals surface area contributed by atoms with Crippen LogP contribution >= 0.6 is 0 Å². The first kappa shape index (κ1) is 21.3. The fraction of sp³-hybridized carbons (Fsp3) is 0.429. The predicted octanol–water partition coefficient (Wildman–Crippen LogP) is 1.89. The second-order valence-electron chi connectivity index (χ2n) is 7.11. The number of aliphatic imine (C=N–C) groups is 1. The van der Waals surface area contributed by atoms with Gasteiger partial charge in [0, 0.05) is 51.5 Å². The Morgan fingerprint density at radius 2 is 1.83 bits per heavy atom. The van der Waals surface area contributed by atoms with Crippen LogP contribution in [0, 0.1) is 5.92 Å². The van der Waals surface area contributed by atoms with Crippen LogP contribution in [0.5, 0.6) is 0 Å². The Balaban J connectivity index is 1.41. The minimum absolute atomic E-state index is 0.370. The average molecular weight is 416 g/mol. The van der Waals surface area contributed by atoms with Crippen molar-refractivity contribution in [3.05, 3.63) is 60.4 Å². The van der Waals surface area contributed by atoms with E-state index >= 15 is 0 Å². The van der Waals surface area contributed by atoms with Crippen molar-refractivity contribution in [3.8, 4) is 0 Å². The van der Waals surface area contributed by atoms with Crippen molar-refractivity contribution in [2.24, 2.45) is 10.9 Å². The van der Waals surface area contributed by atoms with Gasteiger partial charge >= 0.3 is 0 Å². The van der Waals surface area contributed by atoms with Gasteiger partial charge in [-0.15, -0.1) is 0 Å². The van der Waals surface area contributed by atoms with E-state index in [9.17, 15) is 8.42 Å². The zero-order valence-corrected chi connectivity index (χ0v) is 17.6. The summed E-state index contributed by atoms with van der Waals surface area (Å²) >= 11 is 0. The van der Waals surface area contributed by atoms with Crippen LogP contribution in [-0.4, -0.2) is 56.9 Å². The molecule has 8 heteroatoms. The Labute approximate surface area is 173 Å². The van der Waals surface area contributed by atoms with E-state index in [4.69, 9.17) is 0 Å². The van der Waals surface area contributed by atoms with Gasteiger partial charge in [0.2, 0.25) is 10.0 Å². The number of sulfonamides is 1. The van der Waals surface area contributed by atoms with Crippen molar-refractivity contribution in [1.82, 2.24) is 19.9 Å². The minimum atomic E-state index is -3.39. The van der Waals surface area contributed by atoms with E-state index in [0.29, 0.717) is 23.9 Å². The summed E-state index contributed by atoms with van der Waals surface area (Å²) < 4.78 is 27.0. The molecule has 1 aromatic heterocycles. The molecule has 2 aromatic rings. The van der Waals surface area contributed by atoms with Crippen LogP contribution in [0.25, 0.3) is 0 Å². The summed E-state index contributed by atoms with van der Waals surface area (Å²) in [4.78, 5) is 8.95. The number of pyridine rings is 1. The summed E-state index contributed by atoms with van der Waals surface area (Å²) in [5, 5.41) is 6.67. The Hall–Kier alpha value is -2.45. The molecule has 3 rings (SSSR count). The minimum Gasteiger partial charge on any atom is -0.356 e. The van der Waals surface area contributed by atoms with Crippen LogP contribution < -0.4 is 10.6 Å². The molecule has 1 aliphatic rings. The van der Waals surface area contributed by atoms with Gasteiger partial charge in [0.15, 0.2) is 5.96 Å². The summed E-state index contributed by atoms with van der Waals surface area (Å²) in [5.41, 5.74) is 1.04. The molecule has 0 unspecified atom stereocenters. The molecule has 0 atom stereocenters. The summed E-state index contributed by atoms with van der Waals surface area (Å²) in [6, 6.07) is 14.6. The van der Waals surface area contributed by atoms with Gasteiger partial charge in [-0.25, -0.2) is 8.42 Å². The van der Waals surface area contributed by atoms with E-state index in [1.807, 2.05) is 24.3 Å². The van der Waals surface area contributed by atoms with Crippen LogP contribution in [0.1, 0.15) is 18.5 Å². The first-order chi connectivity index (χ1) is 14.1. The quantitative estimate of drug-likeness (QED) is 0.533. The standard InChI is InChI=1S/C21H29N5O2S/c1-22-21(24-14-10-19-7-5-6-13-23-19)25-17-18-11-15-26(16-12-18)29(27,28)20-8-3-2-4-9-20/h2-9,13,18H,10-12,14-17H2,1H3,(H2,22,24,25). The highest BCUT2D eigenvalue weighted by molar-refractivity contribution is 7.89. The van der Waals surface area contributed by atoms with E-state index in [1.165, 1.54) is 0 Å². The molecule has 0 aliphatic carbocycles. The third-order valence-corrected chi connectivity index (χ3v) is 7.05. The SMILES string of the molecule is CN=C(NCCc1ccccn1)NCC1CCN(S(=O)(=O)c2ccccc2)CC1. The molecule has 0 saturated carbocycles. The fourth-order valence-corrected chi connectivity index (χ4v) is 4.90. The highest BCUT2D eigenvalue weighted by atomic mass is 32.2. The molecule has 29 heavy (non-hydrogen) atoms. The Kier molecular flexibility index (Phi) is 7.60. The lowest BCUT2D eigenvalue weighted by molar-refractivity contribution is 0.273. The normalized spacial score (nSPS) is 16.5. The van der Waals surface area contributed by atoms with Gasteiger partial charge in [0.1, 0.15) is 0 Å². The summed E-state index contributed by atoms with van der Waals surface area (Å²) in [6.45, 7) is 2.64. The lowest BCUT2D eigenvalue weighted by Gasteiger charge is -2.31. The number of hydrogen-bond acceptors (Lipinski definition) is 4. The van der Waals surface area contributed by atoms with E-state index in [-0.39, 0.29) is 0 Å². The third-order valence-electron chi connectivity index (χ3n) is 5.14. The second-order valence-corrected chi connectivity index (χ2v) is 9.05. The van der Waals surface area contributed by atoms with E-state index in [0.717, 1.165) is 44.0 Å². The number of hydrogen-bond donors (Lipinski definition) is 2. The number of rotatable bonds is 7. The molecule has 0 radical (unpaired) electrons. The van der Waals surface area contributed by atoms with Crippen LogP contribution in [-0.2, 0) is 16.4 Å². The Bertz CT molecular complexity index is 880. The maximum atomic E-state index is 12.7. The zero-order valence-electron chi connectivity index (χ0n) is 16.8. The van der Waals surface area contributed by atoms with Crippen molar-refractivity contribution < 1.29 is 8.42 Å². The lowest BCUT2D eigenvalue weighted by Crippen LogP contribution is -2.44. The van der Waals surface area contributed by atoms with Crippen molar-refractivity contribution in [2.45, 2.75) is 24.2 Å². The van der Waals surface area contributed by atoms with Crippen LogP contribution in [0.4, 0.5) is 0 Å². The van der Waals surface area contributed by atoms with E-state index in [1.54, 1.807) is 41.8 Å². The molecule has 1 aliphatic heterocycles. The summed E-state index contributed by atoms with van der Waals surface area (Å²) in [5.74, 6) is 1.19. The monoisotopic (exact) mass is 415 g/mol. The van der Waals surface area contributed by atoms with Gasteiger partial charge in [-0.05, 0) is 43.0 Å². The zero-order chi connectivity index (χ0) is 20.5. The van der Waals surface area contributed by atoms with Crippen LogP contribution in [0.2, 0.25) is 0 Å². The number of nitrogens with one attached hydrogen (secondary N) is 2. The predicted molar refractivity (Wildman–Crippen MR) is 115 cm³/mol. The first-order valence-electron chi connectivity index (χ1n) is 9.99. The van der Waals surface area contributed by atoms with E-state index in [2.05, 4.69) is 20.6 Å². The van der Waals surface area contributed by atoms with Gasteiger partial charge in [0.25, 0.3) is 0 Å². The molecule has 2 heterocycles. The van der Waals surface area contributed by atoms with Crippen molar-refractivity contribution in [3.63, 3.8) is 0 Å². The fourth-order valence-electron chi connectivity index (χ4n) is 3.41. The highest BCUT2D eigenvalue weighted by Crippen LogP contribution is 2.23. The molecule has 2 N–H and O–H groups in total. The maximum absolute atomic E-state index is 12.7. The molecular weight excluding hydrogens is 386 g/mol. The summed E-state index contributed by atoms with van der Waals surface area (Å²) in [6.07, 6.45) is 4.30. The molecule has 1 saturated heterocycles. The largest absolute Gasteiger partial charge is 0.356 e. The second kappa shape index (κ2) is 10.4. The van der Waals surface area contributed by atoms with E-state index < -0.39 is 10.0 Å².